The average molecular weight is 436 g/mol. The van der Waals surface area contributed by atoms with E-state index in [9.17, 15) is 13.6 Å². The predicted molar refractivity (Wildman–Crippen MR) is 111 cm³/mol. The van der Waals surface area contributed by atoms with Crippen molar-refractivity contribution in [3.05, 3.63) is 40.0 Å². The van der Waals surface area contributed by atoms with Gasteiger partial charge in [-0.1, -0.05) is 11.6 Å². The summed E-state index contributed by atoms with van der Waals surface area (Å²) in [4.78, 5) is 22.1. The number of hydrogen-bond acceptors (Lipinski definition) is 4. The summed E-state index contributed by atoms with van der Waals surface area (Å²) in [7, 11) is 0. The highest BCUT2D eigenvalue weighted by atomic mass is 35.5. The van der Waals surface area contributed by atoms with Crippen LogP contribution in [0.1, 0.15) is 49.8 Å². The molecule has 0 unspecified atom stereocenters. The molecule has 30 heavy (non-hydrogen) atoms. The Morgan fingerprint density at radius 1 is 1.17 bits per heavy atom. The molecule has 4 rings (SSSR count). The minimum atomic E-state index is -0.748. The molecule has 5 nitrogen and oxygen atoms in total. The predicted octanol–water partition coefficient (Wildman–Crippen LogP) is 5.04. The van der Waals surface area contributed by atoms with Gasteiger partial charge in [-0.2, -0.15) is 0 Å². The SMILES string of the molecule is O=C(O)CCCC1CCN(c2nc(-c3cc(F)c(Cl)cc3F)nc3c2CCC3)CC1. The van der Waals surface area contributed by atoms with Gasteiger partial charge in [0.15, 0.2) is 5.82 Å². The Bertz CT molecular complexity index is 962. The van der Waals surface area contributed by atoms with Gasteiger partial charge in [-0.15, -0.1) is 0 Å². The molecular weight excluding hydrogens is 412 g/mol. The van der Waals surface area contributed by atoms with Crippen LogP contribution in [0, 0.1) is 17.6 Å². The minimum Gasteiger partial charge on any atom is -0.481 e. The summed E-state index contributed by atoms with van der Waals surface area (Å²) in [6.07, 6.45) is 6.45. The number of aromatic nitrogens is 2. The second kappa shape index (κ2) is 8.84. The molecule has 0 amide bonds. The van der Waals surface area contributed by atoms with Crippen molar-refractivity contribution in [2.24, 2.45) is 5.92 Å². The molecular formula is C22H24ClF2N3O2. The molecule has 1 fully saturated rings. The maximum absolute atomic E-state index is 14.5. The molecule has 1 aliphatic carbocycles. The van der Waals surface area contributed by atoms with E-state index in [1.54, 1.807) is 0 Å². The van der Waals surface area contributed by atoms with E-state index in [0.717, 1.165) is 80.8 Å². The number of carbonyl (C=O) groups is 1. The van der Waals surface area contributed by atoms with Crippen molar-refractivity contribution in [2.45, 2.75) is 51.4 Å². The number of halogens is 3. The molecule has 0 saturated carbocycles. The van der Waals surface area contributed by atoms with Crippen molar-refractivity contribution >= 4 is 23.4 Å². The van der Waals surface area contributed by atoms with Crippen molar-refractivity contribution in [1.82, 2.24) is 9.97 Å². The average Bonchev–Trinajstić information content (AvgIpc) is 3.19. The van der Waals surface area contributed by atoms with Gasteiger partial charge >= 0.3 is 5.97 Å². The lowest BCUT2D eigenvalue weighted by atomic mass is 9.91. The lowest BCUT2D eigenvalue weighted by Gasteiger charge is -2.34. The number of rotatable bonds is 6. The van der Waals surface area contributed by atoms with Gasteiger partial charge in [0.25, 0.3) is 0 Å². The first kappa shape index (κ1) is 21.0. The Balaban J connectivity index is 1.56. The van der Waals surface area contributed by atoms with Crippen LogP contribution in [-0.4, -0.2) is 34.1 Å². The Morgan fingerprint density at radius 2 is 1.93 bits per heavy atom. The minimum absolute atomic E-state index is 0.0245. The number of anilines is 1. The van der Waals surface area contributed by atoms with Crippen LogP contribution >= 0.6 is 11.6 Å². The number of piperidine rings is 1. The summed E-state index contributed by atoms with van der Waals surface area (Å²) in [6, 6.07) is 2.03. The van der Waals surface area contributed by atoms with Gasteiger partial charge in [-0.3, -0.25) is 4.79 Å². The molecule has 8 heteroatoms. The number of nitrogens with zero attached hydrogens (tertiary/aromatic N) is 3. The fourth-order valence-corrected chi connectivity index (χ4v) is 4.61. The first-order chi connectivity index (χ1) is 14.4. The highest BCUT2D eigenvalue weighted by Crippen LogP contribution is 2.35. The van der Waals surface area contributed by atoms with E-state index in [-0.39, 0.29) is 22.8 Å². The summed E-state index contributed by atoms with van der Waals surface area (Å²) in [5.41, 5.74) is 2.04. The van der Waals surface area contributed by atoms with Crippen LogP contribution in [0.3, 0.4) is 0 Å². The Hall–Kier alpha value is -2.28. The van der Waals surface area contributed by atoms with E-state index in [2.05, 4.69) is 14.9 Å². The van der Waals surface area contributed by atoms with Gasteiger partial charge in [0, 0.05) is 30.8 Å². The molecule has 1 saturated heterocycles. The molecule has 2 heterocycles. The number of benzene rings is 1. The normalized spacial score (nSPS) is 16.7. The number of aliphatic carboxylic acids is 1. The molecule has 1 aromatic heterocycles. The maximum atomic E-state index is 14.5. The van der Waals surface area contributed by atoms with Crippen molar-refractivity contribution in [1.29, 1.82) is 0 Å². The molecule has 1 N–H and O–H groups in total. The molecule has 0 spiro atoms. The zero-order valence-electron chi connectivity index (χ0n) is 16.6. The summed E-state index contributed by atoms with van der Waals surface area (Å²) < 4.78 is 28.4. The third-order valence-corrected chi connectivity index (χ3v) is 6.37. The lowest BCUT2D eigenvalue weighted by molar-refractivity contribution is -0.137. The zero-order chi connectivity index (χ0) is 21.3. The van der Waals surface area contributed by atoms with Crippen LogP contribution in [-0.2, 0) is 17.6 Å². The van der Waals surface area contributed by atoms with Gasteiger partial charge in [-0.25, -0.2) is 18.7 Å². The molecule has 2 aromatic rings. The second-order valence-electron chi connectivity index (χ2n) is 8.11. The summed E-state index contributed by atoms with van der Waals surface area (Å²) in [6.45, 7) is 1.64. The third kappa shape index (κ3) is 4.41. The summed E-state index contributed by atoms with van der Waals surface area (Å²) in [5, 5.41) is 8.55. The fourth-order valence-electron chi connectivity index (χ4n) is 4.46. The molecule has 1 aromatic carbocycles. The Morgan fingerprint density at radius 3 is 2.67 bits per heavy atom. The Labute approximate surface area is 179 Å². The number of fused-ring (bicyclic) bond motifs is 1. The first-order valence-corrected chi connectivity index (χ1v) is 10.8. The van der Waals surface area contributed by atoms with Gasteiger partial charge in [-0.05, 0) is 63.0 Å². The van der Waals surface area contributed by atoms with E-state index < -0.39 is 17.6 Å². The molecule has 160 valence electrons. The van der Waals surface area contributed by atoms with Crippen LogP contribution in [0.25, 0.3) is 11.4 Å². The highest BCUT2D eigenvalue weighted by molar-refractivity contribution is 6.30. The van der Waals surface area contributed by atoms with E-state index >= 15 is 0 Å². The van der Waals surface area contributed by atoms with Crippen LogP contribution < -0.4 is 4.90 Å². The van der Waals surface area contributed by atoms with E-state index in [1.807, 2.05) is 0 Å². The first-order valence-electron chi connectivity index (χ1n) is 10.4. The highest BCUT2D eigenvalue weighted by Gasteiger charge is 2.27. The van der Waals surface area contributed by atoms with Gasteiger partial charge in [0.1, 0.15) is 17.5 Å². The van der Waals surface area contributed by atoms with Crippen LogP contribution in [0.5, 0.6) is 0 Å². The summed E-state index contributed by atoms with van der Waals surface area (Å²) >= 11 is 5.69. The fraction of sp³-hybridized carbons (Fsp3) is 0.500. The quantitative estimate of drug-likeness (QED) is 0.644. The van der Waals surface area contributed by atoms with Gasteiger partial charge < -0.3 is 10.0 Å². The van der Waals surface area contributed by atoms with Crippen molar-refractivity contribution in [3.63, 3.8) is 0 Å². The van der Waals surface area contributed by atoms with Gasteiger partial charge in [0.2, 0.25) is 0 Å². The standard InChI is InChI=1S/C22H24ClF2N3O2/c23-16-12-17(24)15(11-18(16)25)21-26-19-5-2-4-14(19)22(27-21)28-9-7-13(8-10-28)3-1-6-20(29)30/h11-13H,1-10H2,(H,29,30). The summed E-state index contributed by atoms with van der Waals surface area (Å²) in [5.74, 6) is -0.544. The largest absolute Gasteiger partial charge is 0.481 e. The number of aryl methyl sites for hydroxylation is 1. The molecule has 1 aliphatic heterocycles. The van der Waals surface area contributed by atoms with Crippen molar-refractivity contribution in [2.75, 3.05) is 18.0 Å². The number of carboxylic acid groups (broad SMARTS) is 1. The topological polar surface area (TPSA) is 66.3 Å². The number of hydrogen-bond donors (Lipinski definition) is 1. The lowest BCUT2D eigenvalue weighted by Crippen LogP contribution is -2.35. The molecule has 0 atom stereocenters. The van der Waals surface area contributed by atoms with E-state index in [1.165, 1.54) is 0 Å². The maximum Gasteiger partial charge on any atom is 0.303 e. The Kier molecular flexibility index (Phi) is 6.18. The van der Waals surface area contributed by atoms with Crippen molar-refractivity contribution in [3.8, 4) is 11.4 Å². The zero-order valence-corrected chi connectivity index (χ0v) is 17.4. The van der Waals surface area contributed by atoms with Crippen LogP contribution in [0.15, 0.2) is 12.1 Å². The monoisotopic (exact) mass is 435 g/mol. The second-order valence-corrected chi connectivity index (χ2v) is 8.52. The third-order valence-electron chi connectivity index (χ3n) is 6.08. The number of carboxylic acids is 1. The molecule has 0 radical (unpaired) electrons. The van der Waals surface area contributed by atoms with Crippen molar-refractivity contribution < 1.29 is 18.7 Å². The molecule has 2 aliphatic rings. The van der Waals surface area contributed by atoms with Crippen LogP contribution in [0.2, 0.25) is 5.02 Å². The molecule has 0 bridgehead atoms. The van der Waals surface area contributed by atoms with E-state index in [4.69, 9.17) is 16.7 Å². The van der Waals surface area contributed by atoms with E-state index in [0.29, 0.717) is 12.3 Å². The van der Waals surface area contributed by atoms with Crippen LogP contribution in [0.4, 0.5) is 14.6 Å². The van der Waals surface area contributed by atoms with Gasteiger partial charge in [0.05, 0.1) is 10.6 Å². The smallest absolute Gasteiger partial charge is 0.303 e.